The number of piperidine rings is 3. The van der Waals surface area contributed by atoms with Gasteiger partial charge < -0.3 is 14.8 Å². The molecule has 3 fully saturated rings. The maximum Gasteiger partial charge on any atom is 0.257 e. The van der Waals surface area contributed by atoms with E-state index in [4.69, 9.17) is 14.6 Å². The van der Waals surface area contributed by atoms with Crippen molar-refractivity contribution in [3.63, 3.8) is 0 Å². The maximum absolute atomic E-state index is 12.3. The molecular formula is C27H32N4O3. The zero-order valence-electron chi connectivity index (χ0n) is 19.8. The van der Waals surface area contributed by atoms with Gasteiger partial charge in [0.05, 0.1) is 12.8 Å². The van der Waals surface area contributed by atoms with E-state index in [1.54, 1.807) is 7.11 Å². The molecule has 3 aliphatic heterocycles. The van der Waals surface area contributed by atoms with E-state index in [1.165, 1.54) is 12.1 Å². The summed E-state index contributed by atoms with van der Waals surface area (Å²) in [6.07, 6.45) is 2.28. The minimum absolute atomic E-state index is 0.0476. The van der Waals surface area contributed by atoms with Crippen molar-refractivity contribution in [2.75, 3.05) is 33.4 Å². The molecule has 3 aliphatic rings. The topological polar surface area (TPSA) is 68.6 Å². The van der Waals surface area contributed by atoms with Gasteiger partial charge in [0.15, 0.2) is 6.61 Å². The summed E-state index contributed by atoms with van der Waals surface area (Å²) in [7, 11) is 3.73. The largest absolute Gasteiger partial charge is 0.497 e. The highest BCUT2D eigenvalue weighted by Gasteiger charge is 2.41. The zero-order chi connectivity index (χ0) is 23.5. The van der Waals surface area contributed by atoms with Gasteiger partial charge in [-0.15, -0.1) is 0 Å². The van der Waals surface area contributed by atoms with Crippen LogP contribution >= 0.6 is 0 Å². The fourth-order valence-electron chi connectivity index (χ4n) is 5.37. The van der Waals surface area contributed by atoms with Crippen LogP contribution in [0.5, 0.6) is 11.5 Å². The average Bonchev–Trinajstić information content (AvgIpc) is 3.28. The summed E-state index contributed by atoms with van der Waals surface area (Å²) in [5.41, 5.74) is 3.39. The number of aromatic nitrogens is 2. The number of nitrogens with zero attached hydrogens (tertiary/aromatic N) is 3. The lowest BCUT2D eigenvalue weighted by molar-refractivity contribution is -0.123. The predicted molar refractivity (Wildman–Crippen MR) is 131 cm³/mol. The predicted octanol–water partition coefficient (Wildman–Crippen LogP) is 3.47. The van der Waals surface area contributed by atoms with Gasteiger partial charge in [-0.3, -0.25) is 14.4 Å². The van der Waals surface area contributed by atoms with Crippen LogP contribution in [0.15, 0.2) is 60.7 Å². The first-order valence-electron chi connectivity index (χ1n) is 12.0. The van der Waals surface area contributed by atoms with Gasteiger partial charge in [0, 0.05) is 43.4 Å². The standard InChI is InChI=1S/C27H32N4O3/c1-30-26(15-25(29-30)19-8-10-22(33-2)11-9-19)24-17-31-13-12-20(24)14-21(31)16-28-27(32)18-34-23-6-4-3-5-7-23/h3-11,15,20-21,24H,12-14,16-18H2,1-2H3,(H,28,32)/t20-,21+,24+/m0/s1. The van der Waals surface area contributed by atoms with Crippen molar-refractivity contribution in [2.24, 2.45) is 13.0 Å². The number of hydrogen-bond donors (Lipinski definition) is 1. The van der Waals surface area contributed by atoms with Crippen molar-refractivity contribution < 1.29 is 14.3 Å². The molecule has 0 radical (unpaired) electrons. The molecule has 0 saturated carbocycles. The Kier molecular flexibility index (Phi) is 6.54. The Labute approximate surface area is 200 Å². The van der Waals surface area contributed by atoms with Crippen LogP contribution in [0.25, 0.3) is 11.3 Å². The third kappa shape index (κ3) is 4.80. The van der Waals surface area contributed by atoms with Crippen LogP contribution in [0.3, 0.4) is 0 Å². The molecule has 4 heterocycles. The number of benzene rings is 2. The Hall–Kier alpha value is -3.32. The van der Waals surface area contributed by atoms with Crippen molar-refractivity contribution in [1.29, 1.82) is 0 Å². The SMILES string of the molecule is COc1ccc(-c2cc([C@@H]3CN4CC[C@H]3C[C@@H]4CNC(=O)COc3ccccc3)n(C)n2)cc1. The third-order valence-corrected chi connectivity index (χ3v) is 7.21. The van der Waals surface area contributed by atoms with E-state index in [-0.39, 0.29) is 12.5 Å². The molecule has 7 nitrogen and oxygen atoms in total. The summed E-state index contributed by atoms with van der Waals surface area (Å²) in [4.78, 5) is 14.8. The van der Waals surface area contributed by atoms with Gasteiger partial charge in [0.2, 0.25) is 0 Å². The van der Waals surface area contributed by atoms with E-state index >= 15 is 0 Å². The molecule has 2 aromatic carbocycles. The molecule has 34 heavy (non-hydrogen) atoms. The smallest absolute Gasteiger partial charge is 0.257 e. The normalized spacial score (nSPS) is 23.5. The molecule has 2 bridgehead atoms. The second kappa shape index (κ2) is 9.89. The number of methoxy groups -OCH3 is 1. The van der Waals surface area contributed by atoms with Crippen LogP contribution in [0.2, 0.25) is 0 Å². The van der Waals surface area contributed by atoms with E-state index in [9.17, 15) is 4.79 Å². The molecular weight excluding hydrogens is 428 g/mol. The van der Waals surface area contributed by atoms with Gasteiger partial charge >= 0.3 is 0 Å². The highest BCUT2D eigenvalue weighted by molar-refractivity contribution is 5.77. The molecule has 7 heteroatoms. The summed E-state index contributed by atoms with van der Waals surface area (Å²) in [5.74, 6) is 2.56. The highest BCUT2D eigenvalue weighted by Crippen LogP contribution is 2.42. The lowest BCUT2D eigenvalue weighted by Gasteiger charge is -2.49. The number of carbonyl (C=O) groups excluding carboxylic acids is 1. The third-order valence-electron chi connectivity index (χ3n) is 7.21. The van der Waals surface area contributed by atoms with Gasteiger partial charge in [-0.25, -0.2) is 0 Å². The van der Waals surface area contributed by atoms with Crippen molar-refractivity contribution in [1.82, 2.24) is 20.0 Å². The number of nitrogens with one attached hydrogen (secondary N) is 1. The monoisotopic (exact) mass is 460 g/mol. The van der Waals surface area contributed by atoms with Gasteiger partial charge in [-0.05, 0) is 67.8 Å². The molecule has 1 N–H and O–H groups in total. The Balaban J connectivity index is 1.18. The lowest BCUT2D eigenvalue weighted by atomic mass is 9.74. The molecule has 6 rings (SSSR count). The highest BCUT2D eigenvalue weighted by atomic mass is 16.5. The molecule has 1 amide bonds. The first-order chi connectivity index (χ1) is 16.6. The second-order valence-corrected chi connectivity index (χ2v) is 9.25. The number of carbonyl (C=O) groups is 1. The Morgan fingerprint density at radius 3 is 2.62 bits per heavy atom. The number of fused-ring (bicyclic) bond motifs is 3. The Morgan fingerprint density at radius 1 is 1.12 bits per heavy atom. The molecule has 1 aromatic heterocycles. The van der Waals surface area contributed by atoms with E-state index in [1.807, 2.05) is 54.2 Å². The summed E-state index contributed by atoms with van der Waals surface area (Å²) < 4.78 is 12.9. The molecule has 178 valence electrons. The summed E-state index contributed by atoms with van der Waals surface area (Å²) in [6, 6.07) is 20.1. The Bertz CT molecular complexity index is 1110. The number of para-hydroxylation sites is 1. The van der Waals surface area contributed by atoms with Gasteiger partial charge in [-0.1, -0.05) is 18.2 Å². The van der Waals surface area contributed by atoms with Crippen molar-refractivity contribution in [2.45, 2.75) is 24.8 Å². The number of rotatable bonds is 8. The van der Waals surface area contributed by atoms with E-state index in [0.717, 1.165) is 36.5 Å². The molecule has 4 atom stereocenters. The number of aryl methyl sites for hydroxylation is 1. The summed E-state index contributed by atoms with van der Waals surface area (Å²) >= 11 is 0. The molecule has 1 unspecified atom stereocenters. The van der Waals surface area contributed by atoms with Crippen LogP contribution in [-0.4, -0.2) is 60.0 Å². The van der Waals surface area contributed by atoms with E-state index in [0.29, 0.717) is 30.2 Å². The fraction of sp³-hybridized carbons (Fsp3) is 0.407. The first kappa shape index (κ1) is 22.5. The fourth-order valence-corrected chi connectivity index (χ4v) is 5.37. The quantitative estimate of drug-likeness (QED) is 0.558. The van der Waals surface area contributed by atoms with Crippen LogP contribution in [0.1, 0.15) is 24.5 Å². The van der Waals surface area contributed by atoms with Crippen molar-refractivity contribution >= 4 is 5.91 Å². The minimum atomic E-state index is -0.0705. The zero-order valence-corrected chi connectivity index (χ0v) is 19.8. The van der Waals surface area contributed by atoms with Gasteiger partial charge in [0.25, 0.3) is 5.91 Å². The number of hydrogen-bond acceptors (Lipinski definition) is 5. The lowest BCUT2D eigenvalue weighted by Crippen LogP contribution is -2.56. The summed E-state index contributed by atoms with van der Waals surface area (Å²) in [5, 5.41) is 7.88. The molecule has 3 aromatic rings. The van der Waals surface area contributed by atoms with E-state index in [2.05, 4.69) is 28.4 Å². The average molecular weight is 461 g/mol. The summed E-state index contributed by atoms with van der Waals surface area (Å²) in [6.45, 7) is 2.81. The van der Waals surface area contributed by atoms with Crippen LogP contribution in [-0.2, 0) is 11.8 Å². The molecule has 0 spiro atoms. The number of amides is 1. The van der Waals surface area contributed by atoms with Crippen LogP contribution < -0.4 is 14.8 Å². The molecule has 3 saturated heterocycles. The van der Waals surface area contributed by atoms with Crippen LogP contribution in [0.4, 0.5) is 0 Å². The van der Waals surface area contributed by atoms with Gasteiger partial charge in [-0.2, -0.15) is 5.10 Å². The first-order valence-corrected chi connectivity index (χ1v) is 12.0. The van der Waals surface area contributed by atoms with Crippen molar-refractivity contribution in [3.05, 3.63) is 66.4 Å². The van der Waals surface area contributed by atoms with E-state index < -0.39 is 0 Å². The number of ether oxygens (including phenoxy) is 2. The van der Waals surface area contributed by atoms with Crippen molar-refractivity contribution in [3.8, 4) is 22.8 Å². The minimum Gasteiger partial charge on any atom is -0.497 e. The molecule has 0 aliphatic carbocycles. The van der Waals surface area contributed by atoms with Crippen LogP contribution in [0, 0.1) is 5.92 Å². The Morgan fingerprint density at radius 2 is 1.91 bits per heavy atom. The second-order valence-electron chi connectivity index (χ2n) is 9.25. The van der Waals surface area contributed by atoms with Gasteiger partial charge in [0.1, 0.15) is 11.5 Å². The maximum atomic E-state index is 12.3.